The zero-order chi connectivity index (χ0) is 21.4. The maximum Gasteiger partial charge on any atom is 0.284 e. The van der Waals surface area contributed by atoms with Gasteiger partial charge in [0.1, 0.15) is 5.84 Å². The summed E-state index contributed by atoms with van der Waals surface area (Å²) >= 11 is 0. The molecule has 7 nitrogen and oxygen atoms in total. The molecule has 0 spiro atoms. The van der Waals surface area contributed by atoms with Crippen molar-refractivity contribution in [2.24, 2.45) is 4.40 Å². The summed E-state index contributed by atoms with van der Waals surface area (Å²) < 4.78 is 29.7. The highest BCUT2D eigenvalue weighted by atomic mass is 32.2. The minimum absolute atomic E-state index is 0.0823. The number of amidine groups is 1. The van der Waals surface area contributed by atoms with Gasteiger partial charge in [0.25, 0.3) is 10.0 Å². The maximum atomic E-state index is 12.8. The van der Waals surface area contributed by atoms with Crippen LogP contribution in [0.1, 0.15) is 44.2 Å². The van der Waals surface area contributed by atoms with Gasteiger partial charge >= 0.3 is 0 Å². The highest BCUT2D eigenvalue weighted by Crippen LogP contribution is 2.20. The zero-order valence-electron chi connectivity index (χ0n) is 17.3. The number of aryl methyl sites for hydroxylation is 1. The van der Waals surface area contributed by atoms with Gasteiger partial charge in [-0.3, -0.25) is 9.78 Å². The summed E-state index contributed by atoms with van der Waals surface area (Å²) in [6, 6.07) is 12.0. The Bertz CT molecular complexity index is 990. The first-order valence-corrected chi connectivity index (χ1v) is 11.7. The van der Waals surface area contributed by atoms with Crippen molar-refractivity contribution in [3.8, 4) is 0 Å². The smallest absolute Gasteiger partial charge is 0.284 e. The Balaban J connectivity index is 1.62. The zero-order valence-corrected chi connectivity index (χ0v) is 18.1. The number of amides is 1. The van der Waals surface area contributed by atoms with E-state index < -0.39 is 10.0 Å². The second kappa shape index (κ2) is 10.3. The van der Waals surface area contributed by atoms with E-state index in [1.807, 2.05) is 30.1 Å². The van der Waals surface area contributed by atoms with Crippen molar-refractivity contribution in [3.63, 3.8) is 0 Å². The molecule has 0 unspecified atom stereocenters. The van der Waals surface area contributed by atoms with Crippen LogP contribution in [0.5, 0.6) is 0 Å². The van der Waals surface area contributed by atoms with Crippen LogP contribution in [-0.4, -0.2) is 43.6 Å². The van der Waals surface area contributed by atoms with E-state index in [0.29, 0.717) is 37.2 Å². The monoisotopic (exact) mass is 428 g/mol. The van der Waals surface area contributed by atoms with Crippen molar-refractivity contribution < 1.29 is 13.2 Å². The third kappa shape index (κ3) is 6.38. The fraction of sp³-hybridized carbons (Fsp3) is 0.409. The molecular formula is C22H28N4O3S. The van der Waals surface area contributed by atoms with Gasteiger partial charge in [0.05, 0.1) is 4.90 Å². The van der Waals surface area contributed by atoms with Gasteiger partial charge < -0.3 is 10.2 Å². The first-order chi connectivity index (χ1) is 14.4. The maximum absolute atomic E-state index is 12.8. The molecule has 0 atom stereocenters. The SMILES string of the molecule is CN1CCCCCC1=NS(=O)(=O)c1cccc(NC(=O)CCCc2ccccn2)c1. The minimum atomic E-state index is -3.83. The van der Waals surface area contributed by atoms with Gasteiger partial charge in [-0.05, 0) is 56.0 Å². The van der Waals surface area contributed by atoms with Crippen LogP contribution < -0.4 is 5.32 Å². The third-order valence-electron chi connectivity index (χ3n) is 5.04. The van der Waals surface area contributed by atoms with Crippen LogP contribution in [0.3, 0.4) is 0 Å². The molecule has 8 heteroatoms. The molecule has 160 valence electrons. The second-order valence-electron chi connectivity index (χ2n) is 7.47. The quantitative estimate of drug-likeness (QED) is 0.727. The molecule has 0 aliphatic carbocycles. The van der Waals surface area contributed by atoms with Crippen LogP contribution >= 0.6 is 0 Å². The van der Waals surface area contributed by atoms with E-state index in [1.54, 1.807) is 18.3 Å². The molecule has 1 amide bonds. The van der Waals surface area contributed by atoms with E-state index in [2.05, 4.69) is 14.7 Å². The summed E-state index contributed by atoms with van der Waals surface area (Å²) in [7, 11) is -1.96. The van der Waals surface area contributed by atoms with Crippen molar-refractivity contribution in [1.82, 2.24) is 9.88 Å². The standard InChI is InChI=1S/C22H28N4O3S/c1-26-16-6-2-3-13-21(26)25-30(28,29)20-12-7-11-19(17-20)24-22(27)14-8-10-18-9-4-5-15-23-18/h4-5,7,9,11-12,15,17H,2-3,6,8,10,13-14,16H2,1H3,(H,24,27). The Morgan fingerprint density at radius 1 is 1.17 bits per heavy atom. The number of likely N-dealkylation sites (tertiary alicyclic amines) is 1. The minimum Gasteiger partial charge on any atom is -0.362 e. The first kappa shape index (κ1) is 22.0. The molecule has 30 heavy (non-hydrogen) atoms. The average Bonchev–Trinajstić information content (AvgIpc) is 2.93. The fourth-order valence-corrected chi connectivity index (χ4v) is 4.51. The van der Waals surface area contributed by atoms with E-state index in [1.165, 1.54) is 12.1 Å². The lowest BCUT2D eigenvalue weighted by atomic mass is 10.1. The number of nitrogens with one attached hydrogen (secondary N) is 1. The molecule has 1 aliphatic rings. The predicted molar refractivity (Wildman–Crippen MR) is 118 cm³/mol. The van der Waals surface area contributed by atoms with E-state index in [4.69, 9.17) is 0 Å². The number of carbonyl (C=O) groups is 1. The highest BCUT2D eigenvalue weighted by molar-refractivity contribution is 7.90. The van der Waals surface area contributed by atoms with Crippen LogP contribution in [0, 0.1) is 0 Å². The van der Waals surface area contributed by atoms with Gasteiger partial charge in [-0.15, -0.1) is 4.40 Å². The van der Waals surface area contributed by atoms with Crippen LogP contribution in [0.4, 0.5) is 5.69 Å². The highest BCUT2D eigenvalue weighted by Gasteiger charge is 2.19. The van der Waals surface area contributed by atoms with Crippen molar-refractivity contribution in [2.45, 2.75) is 49.8 Å². The fourth-order valence-electron chi connectivity index (χ4n) is 3.37. The van der Waals surface area contributed by atoms with Gasteiger partial charge in [-0.1, -0.05) is 18.6 Å². The summed E-state index contributed by atoms with van der Waals surface area (Å²) in [5.74, 6) is 0.437. The Kier molecular flexibility index (Phi) is 7.57. The van der Waals surface area contributed by atoms with Crippen molar-refractivity contribution in [1.29, 1.82) is 0 Å². The molecule has 0 saturated carbocycles. The Morgan fingerprint density at radius 3 is 2.83 bits per heavy atom. The number of hydrogen-bond acceptors (Lipinski definition) is 4. The number of anilines is 1. The molecule has 0 radical (unpaired) electrons. The molecule has 1 saturated heterocycles. The molecule has 1 aromatic heterocycles. The first-order valence-electron chi connectivity index (χ1n) is 10.3. The van der Waals surface area contributed by atoms with E-state index in [9.17, 15) is 13.2 Å². The number of pyridine rings is 1. The van der Waals surface area contributed by atoms with Crippen LogP contribution in [0.2, 0.25) is 0 Å². The molecule has 0 bridgehead atoms. The van der Waals surface area contributed by atoms with Gasteiger partial charge in [-0.2, -0.15) is 8.42 Å². The lowest BCUT2D eigenvalue weighted by Gasteiger charge is -2.17. The summed E-state index contributed by atoms with van der Waals surface area (Å²) in [6.45, 7) is 0.808. The molecule has 2 heterocycles. The predicted octanol–water partition coefficient (Wildman–Crippen LogP) is 3.64. The molecule has 1 aliphatic heterocycles. The van der Waals surface area contributed by atoms with Crippen molar-refractivity contribution in [2.75, 3.05) is 18.9 Å². The van der Waals surface area contributed by atoms with Gasteiger partial charge in [0, 0.05) is 44.0 Å². The molecule has 1 aromatic carbocycles. The number of benzene rings is 1. The average molecular weight is 429 g/mol. The summed E-state index contributed by atoms with van der Waals surface area (Å²) in [4.78, 5) is 18.5. The second-order valence-corrected chi connectivity index (χ2v) is 9.07. The largest absolute Gasteiger partial charge is 0.362 e. The summed E-state index contributed by atoms with van der Waals surface area (Å²) in [5.41, 5.74) is 1.40. The molecule has 2 aromatic rings. The molecule has 1 fully saturated rings. The number of rotatable bonds is 7. The number of aromatic nitrogens is 1. The number of sulfonamides is 1. The molecule has 1 N–H and O–H groups in total. The third-order valence-corrected chi connectivity index (χ3v) is 6.34. The lowest BCUT2D eigenvalue weighted by Crippen LogP contribution is -2.26. The Labute approximate surface area is 178 Å². The normalized spacial score (nSPS) is 16.3. The Morgan fingerprint density at radius 2 is 2.03 bits per heavy atom. The van der Waals surface area contributed by atoms with Crippen LogP contribution in [0.15, 0.2) is 58.0 Å². The van der Waals surface area contributed by atoms with Gasteiger partial charge in [-0.25, -0.2) is 0 Å². The number of hydrogen-bond donors (Lipinski definition) is 1. The van der Waals surface area contributed by atoms with Crippen LogP contribution in [0.25, 0.3) is 0 Å². The van der Waals surface area contributed by atoms with Crippen molar-refractivity contribution in [3.05, 3.63) is 54.4 Å². The van der Waals surface area contributed by atoms with E-state index in [0.717, 1.165) is 31.5 Å². The van der Waals surface area contributed by atoms with Crippen molar-refractivity contribution >= 4 is 27.5 Å². The van der Waals surface area contributed by atoms with E-state index >= 15 is 0 Å². The summed E-state index contributed by atoms with van der Waals surface area (Å²) in [5, 5.41) is 2.78. The molecule has 3 rings (SSSR count). The molecular weight excluding hydrogens is 400 g/mol. The Hall–Kier alpha value is -2.74. The number of carbonyl (C=O) groups excluding carboxylic acids is 1. The van der Waals surface area contributed by atoms with Gasteiger partial charge in [0.2, 0.25) is 5.91 Å². The summed E-state index contributed by atoms with van der Waals surface area (Å²) in [6.07, 6.45) is 7.16. The van der Waals surface area contributed by atoms with Gasteiger partial charge in [0.15, 0.2) is 0 Å². The lowest BCUT2D eigenvalue weighted by molar-refractivity contribution is -0.116. The van der Waals surface area contributed by atoms with E-state index in [-0.39, 0.29) is 10.8 Å². The van der Waals surface area contributed by atoms with Crippen LogP contribution in [-0.2, 0) is 21.2 Å². The number of nitrogens with zero attached hydrogens (tertiary/aromatic N) is 3. The topological polar surface area (TPSA) is 91.7 Å².